The van der Waals surface area contributed by atoms with Gasteiger partial charge in [-0.05, 0) is 35.4 Å². The van der Waals surface area contributed by atoms with Crippen LogP contribution in [0.1, 0.15) is 33.9 Å². The molecule has 0 saturated carbocycles. The number of rotatable bonds is 8. The molecule has 0 aliphatic carbocycles. The summed E-state index contributed by atoms with van der Waals surface area (Å²) in [5.41, 5.74) is 2.18. The molecule has 5 nitrogen and oxygen atoms in total. The van der Waals surface area contributed by atoms with Crippen LogP contribution in [0.2, 0.25) is 5.02 Å². The van der Waals surface area contributed by atoms with Crippen molar-refractivity contribution in [2.45, 2.75) is 19.0 Å². The average molecular weight is 423 g/mol. The van der Waals surface area contributed by atoms with Crippen LogP contribution in [0.4, 0.5) is 0 Å². The fourth-order valence-electron chi connectivity index (χ4n) is 3.02. The standard InChI is InChI=1S/C24H23ClN2O3/c1-30-19-13-11-17(12-14-19)16-26-23(28)15-22(18-7-3-2-4-8-18)27-24(29)20-9-5-6-10-21(20)25/h2-14,22H,15-16H2,1H3,(H,26,28)(H,27,29)/t22-/m0/s1. The number of carbonyl (C=O) groups excluding carboxylic acids is 2. The van der Waals surface area contributed by atoms with Crippen LogP contribution in [0.5, 0.6) is 5.75 Å². The molecular weight excluding hydrogens is 400 g/mol. The van der Waals surface area contributed by atoms with Crippen LogP contribution in [0.3, 0.4) is 0 Å². The summed E-state index contributed by atoms with van der Waals surface area (Å²) in [7, 11) is 1.61. The molecule has 0 aliphatic heterocycles. The fraction of sp³-hybridized carbons (Fsp3) is 0.167. The van der Waals surface area contributed by atoms with Gasteiger partial charge in [-0.15, -0.1) is 0 Å². The summed E-state index contributed by atoms with van der Waals surface area (Å²) >= 11 is 6.14. The van der Waals surface area contributed by atoms with Crippen molar-refractivity contribution in [1.29, 1.82) is 0 Å². The zero-order chi connectivity index (χ0) is 21.3. The number of hydrogen-bond donors (Lipinski definition) is 2. The van der Waals surface area contributed by atoms with Gasteiger partial charge in [-0.1, -0.05) is 66.2 Å². The van der Waals surface area contributed by atoms with Crippen molar-refractivity contribution in [3.8, 4) is 5.75 Å². The predicted octanol–water partition coefficient (Wildman–Crippen LogP) is 4.53. The third kappa shape index (κ3) is 5.84. The smallest absolute Gasteiger partial charge is 0.253 e. The molecule has 3 rings (SSSR count). The molecule has 2 amide bonds. The molecule has 6 heteroatoms. The van der Waals surface area contributed by atoms with Crippen LogP contribution in [0, 0.1) is 0 Å². The van der Waals surface area contributed by atoms with E-state index in [-0.39, 0.29) is 18.2 Å². The number of halogens is 1. The van der Waals surface area contributed by atoms with E-state index in [4.69, 9.17) is 16.3 Å². The minimum Gasteiger partial charge on any atom is -0.497 e. The fourth-order valence-corrected chi connectivity index (χ4v) is 3.24. The van der Waals surface area contributed by atoms with Crippen LogP contribution >= 0.6 is 11.6 Å². The van der Waals surface area contributed by atoms with Crippen molar-refractivity contribution >= 4 is 23.4 Å². The summed E-state index contributed by atoms with van der Waals surface area (Å²) in [6.07, 6.45) is 0.108. The van der Waals surface area contributed by atoms with Crippen LogP contribution in [0.15, 0.2) is 78.9 Å². The molecule has 154 valence electrons. The van der Waals surface area contributed by atoms with Gasteiger partial charge in [-0.25, -0.2) is 0 Å². The molecule has 2 N–H and O–H groups in total. The van der Waals surface area contributed by atoms with Crippen LogP contribution in [0.25, 0.3) is 0 Å². The minimum absolute atomic E-state index is 0.108. The first-order chi connectivity index (χ1) is 14.6. The highest BCUT2D eigenvalue weighted by Crippen LogP contribution is 2.20. The third-order valence-corrected chi connectivity index (χ3v) is 4.99. The van der Waals surface area contributed by atoms with Crippen molar-refractivity contribution in [1.82, 2.24) is 10.6 Å². The molecule has 3 aromatic rings. The van der Waals surface area contributed by atoms with Gasteiger partial charge in [0.2, 0.25) is 5.91 Å². The van der Waals surface area contributed by atoms with Crippen molar-refractivity contribution in [2.24, 2.45) is 0 Å². The van der Waals surface area contributed by atoms with Crippen LogP contribution < -0.4 is 15.4 Å². The number of benzene rings is 3. The quantitative estimate of drug-likeness (QED) is 0.560. The molecule has 0 fully saturated rings. The summed E-state index contributed by atoms with van der Waals surface area (Å²) in [4.78, 5) is 25.3. The lowest BCUT2D eigenvalue weighted by Crippen LogP contribution is -2.33. The van der Waals surface area contributed by atoms with Gasteiger partial charge in [0.25, 0.3) is 5.91 Å². The number of hydrogen-bond acceptors (Lipinski definition) is 3. The molecule has 30 heavy (non-hydrogen) atoms. The molecular formula is C24H23ClN2O3. The summed E-state index contributed by atoms with van der Waals surface area (Å²) in [6.45, 7) is 0.392. The third-order valence-electron chi connectivity index (χ3n) is 4.66. The zero-order valence-corrected chi connectivity index (χ0v) is 17.4. The highest BCUT2D eigenvalue weighted by Gasteiger charge is 2.20. The van der Waals surface area contributed by atoms with Crippen molar-refractivity contribution in [3.05, 3.63) is 101 Å². The molecule has 0 unspecified atom stereocenters. The van der Waals surface area contributed by atoms with E-state index in [1.165, 1.54) is 0 Å². The topological polar surface area (TPSA) is 67.4 Å². The second kappa shape index (κ2) is 10.5. The van der Waals surface area contributed by atoms with Crippen molar-refractivity contribution in [2.75, 3.05) is 7.11 Å². The summed E-state index contributed by atoms with van der Waals surface area (Å²) in [5, 5.41) is 6.20. The predicted molar refractivity (Wildman–Crippen MR) is 118 cm³/mol. The van der Waals surface area contributed by atoms with Gasteiger partial charge in [0.15, 0.2) is 0 Å². The molecule has 3 aromatic carbocycles. The summed E-state index contributed by atoms with van der Waals surface area (Å²) < 4.78 is 5.14. The zero-order valence-electron chi connectivity index (χ0n) is 16.6. The number of carbonyl (C=O) groups is 2. The average Bonchev–Trinajstić information content (AvgIpc) is 2.78. The Morgan fingerprint density at radius 3 is 2.27 bits per heavy atom. The van der Waals surface area contributed by atoms with E-state index in [1.807, 2.05) is 54.6 Å². The van der Waals surface area contributed by atoms with E-state index in [2.05, 4.69) is 10.6 Å². The number of nitrogens with one attached hydrogen (secondary N) is 2. The second-order valence-electron chi connectivity index (χ2n) is 6.75. The maximum Gasteiger partial charge on any atom is 0.253 e. The number of amides is 2. The summed E-state index contributed by atoms with van der Waals surface area (Å²) in [6, 6.07) is 23.2. The van der Waals surface area contributed by atoms with Crippen LogP contribution in [-0.2, 0) is 11.3 Å². The number of ether oxygens (including phenoxy) is 1. The monoisotopic (exact) mass is 422 g/mol. The largest absolute Gasteiger partial charge is 0.497 e. The maximum atomic E-state index is 12.7. The summed E-state index contributed by atoms with van der Waals surface area (Å²) in [5.74, 6) is 0.271. The normalized spacial score (nSPS) is 11.4. The second-order valence-corrected chi connectivity index (χ2v) is 7.15. The van der Waals surface area contributed by atoms with Crippen molar-refractivity contribution < 1.29 is 14.3 Å². The van der Waals surface area contributed by atoms with Crippen LogP contribution in [-0.4, -0.2) is 18.9 Å². The molecule has 0 heterocycles. The molecule has 0 bridgehead atoms. The molecule has 0 saturated heterocycles. The molecule has 0 spiro atoms. The van der Waals surface area contributed by atoms with Gasteiger partial charge in [0.05, 0.1) is 30.2 Å². The van der Waals surface area contributed by atoms with Gasteiger partial charge in [0.1, 0.15) is 5.75 Å². The van der Waals surface area contributed by atoms with Gasteiger partial charge < -0.3 is 15.4 Å². The van der Waals surface area contributed by atoms with E-state index < -0.39 is 6.04 Å². The van der Waals surface area contributed by atoms with Crippen molar-refractivity contribution in [3.63, 3.8) is 0 Å². The van der Waals surface area contributed by atoms with Gasteiger partial charge in [0, 0.05) is 6.54 Å². The molecule has 0 radical (unpaired) electrons. The highest BCUT2D eigenvalue weighted by atomic mass is 35.5. The minimum atomic E-state index is -0.481. The Kier molecular flexibility index (Phi) is 7.46. The SMILES string of the molecule is COc1ccc(CNC(=O)C[C@H](NC(=O)c2ccccc2Cl)c2ccccc2)cc1. The molecule has 0 aromatic heterocycles. The first kappa shape index (κ1) is 21.4. The Balaban J connectivity index is 1.67. The Bertz CT molecular complexity index is 991. The van der Waals surface area contributed by atoms with E-state index >= 15 is 0 Å². The van der Waals surface area contributed by atoms with E-state index in [1.54, 1.807) is 31.4 Å². The Labute approximate surface area is 181 Å². The van der Waals surface area contributed by atoms with E-state index in [0.29, 0.717) is 17.1 Å². The van der Waals surface area contributed by atoms with Gasteiger partial charge in [-0.2, -0.15) is 0 Å². The lowest BCUT2D eigenvalue weighted by Gasteiger charge is -2.19. The number of methoxy groups -OCH3 is 1. The molecule has 1 atom stereocenters. The Morgan fingerprint density at radius 1 is 0.933 bits per heavy atom. The maximum absolute atomic E-state index is 12.7. The Hall–Kier alpha value is -3.31. The van der Waals surface area contributed by atoms with Gasteiger partial charge >= 0.3 is 0 Å². The lowest BCUT2D eigenvalue weighted by molar-refractivity contribution is -0.121. The first-order valence-electron chi connectivity index (χ1n) is 9.57. The highest BCUT2D eigenvalue weighted by molar-refractivity contribution is 6.33. The van der Waals surface area contributed by atoms with Gasteiger partial charge in [-0.3, -0.25) is 9.59 Å². The lowest BCUT2D eigenvalue weighted by atomic mass is 10.0. The van der Waals surface area contributed by atoms with E-state index in [0.717, 1.165) is 16.9 Å². The molecule has 0 aliphatic rings. The Morgan fingerprint density at radius 2 is 1.60 bits per heavy atom. The first-order valence-corrected chi connectivity index (χ1v) is 9.94. The van der Waals surface area contributed by atoms with E-state index in [9.17, 15) is 9.59 Å².